The molecule has 18 heavy (non-hydrogen) atoms. The Balaban J connectivity index is 1.97. The zero-order valence-electron chi connectivity index (χ0n) is 9.49. The van der Waals surface area contributed by atoms with E-state index < -0.39 is 0 Å². The van der Waals surface area contributed by atoms with Crippen LogP contribution in [0.5, 0.6) is 0 Å². The largest absolute Gasteiger partial charge is 0.374 e. The highest BCUT2D eigenvalue weighted by Crippen LogP contribution is 2.29. The lowest BCUT2D eigenvalue weighted by atomic mass is 10.3. The smallest absolute Gasteiger partial charge is 0.239 e. The molecular formula is C9H11N5OS3. The van der Waals surface area contributed by atoms with Crippen LogP contribution >= 0.6 is 34.4 Å². The molecule has 2 heterocycles. The molecule has 3 N–H and O–H groups in total. The summed E-state index contributed by atoms with van der Waals surface area (Å²) in [5.41, 5.74) is 5.50. The van der Waals surface area contributed by atoms with Gasteiger partial charge in [-0.1, -0.05) is 30.0 Å². The van der Waals surface area contributed by atoms with Gasteiger partial charge < -0.3 is 11.1 Å². The van der Waals surface area contributed by atoms with Gasteiger partial charge >= 0.3 is 0 Å². The third-order valence-corrected chi connectivity index (χ3v) is 4.88. The summed E-state index contributed by atoms with van der Waals surface area (Å²) in [4.78, 5) is 16.0. The molecule has 0 radical (unpaired) electrons. The topological polar surface area (TPSA) is 93.8 Å². The number of hydrogen-bond donors (Lipinski definition) is 2. The maximum atomic E-state index is 12.0. The van der Waals surface area contributed by atoms with Crippen molar-refractivity contribution < 1.29 is 4.79 Å². The van der Waals surface area contributed by atoms with Gasteiger partial charge in [0.05, 0.1) is 5.25 Å². The first-order chi connectivity index (χ1) is 8.69. The zero-order chi connectivity index (χ0) is 13.0. The average Bonchev–Trinajstić information content (AvgIpc) is 2.97. The third-order valence-electron chi connectivity index (χ3n) is 1.99. The van der Waals surface area contributed by atoms with Gasteiger partial charge in [0.1, 0.15) is 0 Å². The van der Waals surface area contributed by atoms with Crippen LogP contribution in [-0.2, 0) is 4.79 Å². The summed E-state index contributed by atoms with van der Waals surface area (Å²) in [6.45, 7) is 1.95. The predicted octanol–water partition coefficient (Wildman–Crippen LogP) is 2.09. The fraction of sp³-hybridized carbons (Fsp3) is 0.333. The Morgan fingerprint density at radius 1 is 1.61 bits per heavy atom. The van der Waals surface area contributed by atoms with E-state index in [1.165, 1.54) is 34.4 Å². The third kappa shape index (κ3) is 3.40. The second kappa shape index (κ2) is 6.12. The van der Waals surface area contributed by atoms with Gasteiger partial charge in [0.15, 0.2) is 9.47 Å². The summed E-state index contributed by atoms with van der Waals surface area (Å²) in [7, 11) is 0. The molecule has 0 aliphatic rings. The van der Waals surface area contributed by atoms with Crippen molar-refractivity contribution in [2.24, 2.45) is 0 Å². The molecule has 0 aliphatic carbocycles. The maximum Gasteiger partial charge on any atom is 0.239 e. The van der Waals surface area contributed by atoms with Crippen LogP contribution in [0.2, 0.25) is 0 Å². The van der Waals surface area contributed by atoms with Gasteiger partial charge in [0.25, 0.3) is 0 Å². The molecule has 1 amide bonds. The van der Waals surface area contributed by atoms with Crippen LogP contribution < -0.4 is 11.1 Å². The van der Waals surface area contributed by atoms with E-state index >= 15 is 0 Å². The molecule has 0 spiro atoms. The highest BCUT2D eigenvalue weighted by atomic mass is 32.2. The van der Waals surface area contributed by atoms with E-state index in [-0.39, 0.29) is 11.2 Å². The van der Waals surface area contributed by atoms with E-state index in [1.807, 2.05) is 12.3 Å². The van der Waals surface area contributed by atoms with Gasteiger partial charge in [-0.15, -0.1) is 21.5 Å². The molecule has 0 aliphatic heterocycles. The SMILES string of the molecule is CCC(Sc1nnc(N)s1)C(=O)Nc1nccs1. The Hall–Kier alpha value is -1.19. The fourth-order valence-electron chi connectivity index (χ4n) is 1.18. The molecule has 0 saturated heterocycles. The predicted molar refractivity (Wildman–Crippen MR) is 75.0 cm³/mol. The summed E-state index contributed by atoms with van der Waals surface area (Å²) in [5, 5.41) is 13.0. The number of thioether (sulfide) groups is 1. The Bertz CT molecular complexity index is 512. The molecule has 0 aromatic carbocycles. The first kappa shape index (κ1) is 13.2. The number of rotatable bonds is 5. The molecule has 0 bridgehead atoms. The minimum Gasteiger partial charge on any atom is -0.374 e. The van der Waals surface area contributed by atoms with E-state index in [2.05, 4.69) is 20.5 Å². The van der Waals surface area contributed by atoms with Crippen LogP contribution in [0.3, 0.4) is 0 Å². The summed E-state index contributed by atoms with van der Waals surface area (Å²) in [5.74, 6) is -0.0776. The number of aromatic nitrogens is 3. The molecule has 1 atom stereocenters. The van der Waals surface area contributed by atoms with Crippen molar-refractivity contribution in [3.05, 3.63) is 11.6 Å². The van der Waals surface area contributed by atoms with E-state index in [0.29, 0.717) is 21.0 Å². The fourth-order valence-corrected chi connectivity index (χ4v) is 3.52. The summed E-state index contributed by atoms with van der Waals surface area (Å²) in [6, 6.07) is 0. The monoisotopic (exact) mass is 301 g/mol. The molecule has 0 fully saturated rings. The average molecular weight is 301 g/mol. The number of nitrogen functional groups attached to an aromatic ring is 1. The second-order valence-corrected chi connectivity index (χ2v) is 6.60. The van der Waals surface area contributed by atoms with Gasteiger partial charge in [-0.2, -0.15) is 0 Å². The minimum absolute atomic E-state index is 0.0776. The van der Waals surface area contributed by atoms with Crippen molar-refractivity contribution in [1.29, 1.82) is 0 Å². The van der Waals surface area contributed by atoms with E-state index in [4.69, 9.17) is 5.73 Å². The van der Waals surface area contributed by atoms with Crippen LogP contribution in [0.15, 0.2) is 15.9 Å². The highest BCUT2D eigenvalue weighted by Gasteiger charge is 2.20. The number of carbonyl (C=O) groups is 1. The van der Waals surface area contributed by atoms with Crippen LogP contribution in [0.4, 0.5) is 10.3 Å². The molecular weight excluding hydrogens is 290 g/mol. The van der Waals surface area contributed by atoms with Crippen molar-refractivity contribution in [1.82, 2.24) is 15.2 Å². The van der Waals surface area contributed by atoms with E-state index in [1.54, 1.807) is 6.20 Å². The van der Waals surface area contributed by atoms with Gasteiger partial charge in [0.2, 0.25) is 11.0 Å². The number of carbonyl (C=O) groups excluding carboxylic acids is 1. The summed E-state index contributed by atoms with van der Waals surface area (Å²) in [6.07, 6.45) is 2.35. The van der Waals surface area contributed by atoms with E-state index in [9.17, 15) is 4.79 Å². The molecule has 2 aromatic rings. The molecule has 0 saturated carbocycles. The highest BCUT2D eigenvalue weighted by molar-refractivity contribution is 8.02. The van der Waals surface area contributed by atoms with Crippen molar-refractivity contribution in [3.8, 4) is 0 Å². The Kier molecular flexibility index (Phi) is 4.50. The first-order valence-corrected chi connectivity index (χ1v) is 7.72. The van der Waals surface area contributed by atoms with Gasteiger partial charge in [-0.3, -0.25) is 4.79 Å². The number of anilines is 2. The number of hydrogen-bond acceptors (Lipinski definition) is 8. The van der Waals surface area contributed by atoms with Crippen LogP contribution in [0.1, 0.15) is 13.3 Å². The maximum absolute atomic E-state index is 12.0. The summed E-state index contributed by atoms with van der Waals surface area (Å²) < 4.78 is 0.702. The Morgan fingerprint density at radius 2 is 2.44 bits per heavy atom. The van der Waals surface area contributed by atoms with Crippen LogP contribution in [0.25, 0.3) is 0 Å². The first-order valence-electron chi connectivity index (χ1n) is 5.15. The van der Waals surface area contributed by atoms with Crippen LogP contribution in [-0.4, -0.2) is 26.3 Å². The van der Waals surface area contributed by atoms with Crippen LogP contribution in [0, 0.1) is 0 Å². The van der Waals surface area contributed by atoms with Gasteiger partial charge in [-0.25, -0.2) is 4.98 Å². The number of nitrogens with one attached hydrogen (secondary N) is 1. The normalized spacial score (nSPS) is 12.3. The van der Waals surface area contributed by atoms with E-state index in [0.717, 1.165) is 0 Å². The molecule has 96 valence electrons. The lowest BCUT2D eigenvalue weighted by Gasteiger charge is -2.10. The number of amides is 1. The number of thiazole rings is 1. The molecule has 2 aromatic heterocycles. The molecule has 6 nitrogen and oxygen atoms in total. The van der Waals surface area contributed by atoms with Crippen molar-refractivity contribution >= 4 is 50.6 Å². The molecule has 2 rings (SSSR count). The Morgan fingerprint density at radius 3 is 3.00 bits per heavy atom. The molecule has 9 heteroatoms. The van der Waals surface area contributed by atoms with Crippen molar-refractivity contribution in [3.63, 3.8) is 0 Å². The second-order valence-electron chi connectivity index (χ2n) is 3.25. The summed E-state index contributed by atoms with van der Waals surface area (Å²) >= 11 is 4.04. The lowest BCUT2D eigenvalue weighted by molar-refractivity contribution is -0.115. The number of nitrogens with two attached hydrogens (primary N) is 1. The minimum atomic E-state index is -0.221. The zero-order valence-corrected chi connectivity index (χ0v) is 11.9. The number of nitrogens with zero attached hydrogens (tertiary/aromatic N) is 3. The standard InChI is InChI=1S/C9H11N5OS3/c1-2-5(17-9-14-13-7(10)18-9)6(15)12-8-11-3-4-16-8/h3-5H,2H2,1H3,(H2,10,13)(H,11,12,15). The lowest BCUT2D eigenvalue weighted by Crippen LogP contribution is -2.24. The quantitative estimate of drug-likeness (QED) is 0.821. The van der Waals surface area contributed by atoms with Gasteiger partial charge in [0, 0.05) is 11.6 Å². The van der Waals surface area contributed by atoms with Gasteiger partial charge in [-0.05, 0) is 6.42 Å². The Labute approximate surface area is 116 Å². The van der Waals surface area contributed by atoms with Crippen molar-refractivity contribution in [2.75, 3.05) is 11.1 Å². The molecule has 1 unspecified atom stereocenters. The van der Waals surface area contributed by atoms with Crippen molar-refractivity contribution in [2.45, 2.75) is 22.9 Å².